The van der Waals surface area contributed by atoms with Gasteiger partial charge in [0.1, 0.15) is 6.07 Å². The van der Waals surface area contributed by atoms with Crippen molar-refractivity contribution in [2.24, 2.45) is 0 Å². The minimum Gasteiger partial charge on any atom is -0.368 e. The van der Waals surface area contributed by atoms with Crippen LogP contribution in [-0.4, -0.2) is 29.8 Å². The van der Waals surface area contributed by atoms with Crippen molar-refractivity contribution in [2.45, 2.75) is 23.5 Å². The van der Waals surface area contributed by atoms with E-state index in [4.69, 9.17) is 0 Å². The smallest absolute Gasteiger partial charge is 0.103 e. The maximum absolute atomic E-state index is 9.40. The van der Waals surface area contributed by atoms with E-state index in [0.717, 1.165) is 35.0 Å². The molecule has 0 saturated carbocycles. The molecule has 0 aliphatic carbocycles. The molecule has 1 aromatic carbocycles. The number of rotatable bonds is 2. The third-order valence-corrected chi connectivity index (χ3v) is 5.18. The third-order valence-electron chi connectivity index (χ3n) is 3.10. The van der Waals surface area contributed by atoms with Gasteiger partial charge in [0.15, 0.2) is 0 Å². The van der Waals surface area contributed by atoms with E-state index in [-0.39, 0.29) is 4.75 Å². The van der Waals surface area contributed by atoms with E-state index in [9.17, 15) is 5.26 Å². The first kappa shape index (κ1) is 13.6. The second-order valence-electron chi connectivity index (χ2n) is 5.00. The zero-order chi connectivity index (χ0) is 13.2. The fourth-order valence-corrected chi connectivity index (χ4v) is 3.97. The van der Waals surface area contributed by atoms with Gasteiger partial charge in [0.25, 0.3) is 0 Å². The minimum absolute atomic E-state index is 0.264. The summed E-state index contributed by atoms with van der Waals surface area (Å²) in [6, 6.07) is 8.52. The summed E-state index contributed by atoms with van der Waals surface area (Å²) in [5, 5.41) is 9.40. The van der Waals surface area contributed by atoms with Gasteiger partial charge in [0.05, 0.1) is 11.3 Å². The fraction of sp³-hybridized carbons (Fsp3) is 0.500. The van der Waals surface area contributed by atoms with Crippen molar-refractivity contribution in [1.82, 2.24) is 0 Å². The second kappa shape index (κ2) is 5.46. The normalized spacial score (nSPS) is 18.4. The highest BCUT2D eigenvalue weighted by Crippen LogP contribution is 2.35. The highest BCUT2D eigenvalue weighted by molar-refractivity contribution is 8.00. The molecule has 1 fully saturated rings. The van der Waals surface area contributed by atoms with Crippen molar-refractivity contribution >= 4 is 29.2 Å². The van der Waals surface area contributed by atoms with Gasteiger partial charge in [-0.3, -0.25) is 0 Å². The molecular formula is C14H18N2S2. The Hall–Kier alpha value is -0.790. The predicted molar refractivity (Wildman–Crippen MR) is 81.7 cm³/mol. The van der Waals surface area contributed by atoms with Gasteiger partial charge in [-0.2, -0.15) is 17.0 Å². The van der Waals surface area contributed by atoms with Crippen LogP contribution in [0.3, 0.4) is 0 Å². The van der Waals surface area contributed by atoms with Gasteiger partial charge in [-0.1, -0.05) is 6.07 Å². The molecule has 1 saturated heterocycles. The van der Waals surface area contributed by atoms with E-state index in [0.29, 0.717) is 0 Å². The van der Waals surface area contributed by atoms with Gasteiger partial charge in [-0.15, -0.1) is 11.8 Å². The van der Waals surface area contributed by atoms with Gasteiger partial charge in [0.2, 0.25) is 0 Å². The SMILES string of the molecule is CSc1cccc(N2CCSC(C)(C)C2)c1C#N. The van der Waals surface area contributed by atoms with E-state index < -0.39 is 0 Å². The van der Waals surface area contributed by atoms with Crippen LogP contribution in [0.2, 0.25) is 0 Å². The van der Waals surface area contributed by atoms with Crippen LogP contribution in [0.5, 0.6) is 0 Å². The molecule has 1 aliphatic rings. The number of anilines is 1. The number of nitrogens with zero attached hydrogens (tertiary/aromatic N) is 2. The summed E-state index contributed by atoms with van der Waals surface area (Å²) in [5.74, 6) is 1.13. The number of thioether (sulfide) groups is 2. The van der Waals surface area contributed by atoms with E-state index >= 15 is 0 Å². The van der Waals surface area contributed by atoms with Gasteiger partial charge in [0, 0.05) is 28.5 Å². The Kier molecular flexibility index (Phi) is 4.14. The van der Waals surface area contributed by atoms with E-state index in [1.165, 1.54) is 0 Å². The second-order valence-corrected chi connectivity index (χ2v) is 7.65. The zero-order valence-corrected chi connectivity index (χ0v) is 12.7. The lowest BCUT2D eigenvalue weighted by molar-refractivity contribution is 0.647. The van der Waals surface area contributed by atoms with Crippen LogP contribution in [0.4, 0.5) is 5.69 Å². The predicted octanol–water partition coefficient (Wildman–Crippen LogP) is 3.61. The molecule has 2 rings (SSSR count). The summed E-state index contributed by atoms with van der Waals surface area (Å²) in [5.41, 5.74) is 1.92. The molecule has 18 heavy (non-hydrogen) atoms. The molecule has 0 spiro atoms. The number of hydrogen-bond acceptors (Lipinski definition) is 4. The molecule has 1 aliphatic heterocycles. The Morgan fingerprint density at radius 3 is 2.83 bits per heavy atom. The average Bonchev–Trinajstić information content (AvgIpc) is 2.36. The maximum atomic E-state index is 9.40. The largest absolute Gasteiger partial charge is 0.368 e. The first-order valence-corrected chi connectivity index (χ1v) is 8.24. The molecule has 4 heteroatoms. The maximum Gasteiger partial charge on any atom is 0.103 e. The Morgan fingerprint density at radius 2 is 2.22 bits per heavy atom. The molecule has 96 valence electrons. The molecule has 0 aromatic heterocycles. The standard InChI is InChI=1S/C14H18N2S2/c1-14(2)10-16(7-8-18-14)12-5-4-6-13(17-3)11(12)9-15/h4-6H,7-8,10H2,1-3H3. The summed E-state index contributed by atoms with van der Waals surface area (Å²) < 4.78 is 0.264. The van der Waals surface area contributed by atoms with Crippen LogP contribution in [0, 0.1) is 11.3 Å². The Morgan fingerprint density at radius 1 is 1.44 bits per heavy atom. The quantitative estimate of drug-likeness (QED) is 0.772. The zero-order valence-electron chi connectivity index (χ0n) is 11.1. The van der Waals surface area contributed by atoms with Crippen LogP contribution >= 0.6 is 23.5 Å². The molecule has 0 N–H and O–H groups in total. The Balaban J connectivity index is 2.36. The highest BCUT2D eigenvalue weighted by atomic mass is 32.2. The average molecular weight is 278 g/mol. The molecule has 0 unspecified atom stereocenters. The summed E-state index contributed by atoms with van der Waals surface area (Å²) in [6.07, 6.45) is 2.02. The molecule has 0 radical (unpaired) electrons. The van der Waals surface area contributed by atoms with Crippen molar-refractivity contribution in [3.63, 3.8) is 0 Å². The minimum atomic E-state index is 0.264. The topological polar surface area (TPSA) is 27.0 Å². The molecule has 2 nitrogen and oxygen atoms in total. The van der Waals surface area contributed by atoms with Gasteiger partial charge < -0.3 is 4.90 Å². The van der Waals surface area contributed by atoms with E-state index in [2.05, 4.69) is 36.9 Å². The molecule has 1 heterocycles. The van der Waals surface area contributed by atoms with Crippen molar-refractivity contribution in [2.75, 3.05) is 30.0 Å². The van der Waals surface area contributed by atoms with E-state index in [1.807, 2.05) is 24.1 Å². The molecule has 0 amide bonds. The van der Waals surface area contributed by atoms with Gasteiger partial charge >= 0.3 is 0 Å². The third kappa shape index (κ3) is 2.78. The number of hydrogen-bond donors (Lipinski definition) is 0. The van der Waals surface area contributed by atoms with Crippen LogP contribution in [0.15, 0.2) is 23.1 Å². The molecule has 0 atom stereocenters. The summed E-state index contributed by atoms with van der Waals surface area (Å²) >= 11 is 3.66. The van der Waals surface area contributed by atoms with Crippen molar-refractivity contribution < 1.29 is 0 Å². The lowest BCUT2D eigenvalue weighted by Gasteiger charge is -2.39. The van der Waals surface area contributed by atoms with Crippen molar-refractivity contribution in [1.29, 1.82) is 5.26 Å². The fourth-order valence-electron chi connectivity index (χ4n) is 2.29. The van der Waals surface area contributed by atoms with E-state index in [1.54, 1.807) is 11.8 Å². The lowest BCUT2D eigenvalue weighted by Crippen LogP contribution is -2.43. The Labute approximate surface area is 118 Å². The summed E-state index contributed by atoms with van der Waals surface area (Å²) in [7, 11) is 0. The number of nitriles is 1. The monoisotopic (exact) mass is 278 g/mol. The first-order chi connectivity index (χ1) is 8.57. The van der Waals surface area contributed by atoms with Crippen molar-refractivity contribution in [3.05, 3.63) is 23.8 Å². The molecule has 1 aromatic rings. The highest BCUT2D eigenvalue weighted by Gasteiger charge is 2.28. The van der Waals surface area contributed by atoms with Gasteiger partial charge in [-0.25, -0.2) is 0 Å². The van der Waals surface area contributed by atoms with Crippen LogP contribution in [0.1, 0.15) is 19.4 Å². The molecular weight excluding hydrogens is 260 g/mol. The number of benzene rings is 1. The van der Waals surface area contributed by atoms with Crippen LogP contribution < -0.4 is 4.90 Å². The molecule has 0 bridgehead atoms. The van der Waals surface area contributed by atoms with Gasteiger partial charge in [-0.05, 0) is 32.2 Å². The summed E-state index contributed by atoms with van der Waals surface area (Å²) in [4.78, 5) is 3.43. The van der Waals surface area contributed by atoms with Crippen LogP contribution in [-0.2, 0) is 0 Å². The van der Waals surface area contributed by atoms with Crippen LogP contribution in [0.25, 0.3) is 0 Å². The Bertz CT molecular complexity index is 477. The summed E-state index contributed by atoms with van der Waals surface area (Å²) in [6.45, 7) is 6.58. The first-order valence-electron chi connectivity index (χ1n) is 6.03. The van der Waals surface area contributed by atoms with Crippen molar-refractivity contribution in [3.8, 4) is 6.07 Å². The lowest BCUT2D eigenvalue weighted by atomic mass is 10.1.